The Hall–Kier alpha value is -1.68. The average molecular weight is 286 g/mol. The van der Waals surface area contributed by atoms with Crippen molar-refractivity contribution >= 4 is 0 Å². The van der Waals surface area contributed by atoms with Crippen molar-refractivity contribution in [1.29, 1.82) is 0 Å². The number of aromatic nitrogens is 3. The topological polar surface area (TPSA) is 42.7 Å². The van der Waals surface area contributed by atoms with E-state index < -0.39 is 0 Å². The Labute approximate surface area is 127 Å². The second-order valence-electron chi connectivity index (χ2n) is 5.49. The van der Waals surface area contributed by atoms with Gasteiger partial charge in [-0.15, -0.1) is 0 Å². The molecule has 4 heteroatoms. The summed E-state index contributed by atoms with van der Waals surface area (Å²) in [6.07, 6.45) is 4.08. The molecule has 0 saturated carbocycles. The standard InChI is InChI=1S/C17H26N4/c1-5-10-18-17(15-8-7-13(3)20-14(15)4)16-9-11-19-21(16)12-6-2/h7-9,11,17-18H,5-6,10,12H2,1-4H3. The van der Waals surface area contributed by atoms with Crippen LogP contribution in [0.1, 0.15) is 55.4 Å². The number of nitrogens with one attached hydrogen (secondary N) is 1. The van der Waals surface area contributed by atoms with Gasteiger partial charge >= 0.3 is 0 Å². The molecule has 1 atom stereocenters. The number of rotatable bonds is 7. The summed E-state index contributed by atoms with van der Waals surface area (Å²) in [6, 6.07) is 6.55. The van der Waals surface area contributed by atoms with E-state index in [1.54, 1.807) is 0 Å². The minimum absolute atomic E-state index is 0.159. The van der Waals surface area contributed by atoms with Gasteiger partial charge in [-0.2, -0.15) is 5.10 Å². The van der Waals surface area contributed by atoms with Gasteiger partial charge in [-0.3, -0.25) is 9.67 Å². The fourth-order valence-corrected chi connectivity index (χ4v) is 2.65. The number of aryl methyl sites for hydroxylation is 3. The fourth-order valence-electron chi connectivity index (χ4n) is 2.65. The third kappa shape index (κ3) is 3.70. The lowest BCUT2D eigenvalue weighted by Crippen LogP contribution is -2.27. The molecule has 1 N–H and O–H groups in total. The first-order valence-corrected chi connectivity index (χ1v) is 7.86. The monoisotopic (exact) mass is 286 g/mol. The molecule has 0 radical (unpaired) electrons. The molecule has 2 aromatic heterocycles. The molecule has 2 heterocycles. The van der Waals surface area contributed by atoms with Crippen molar-refractivity contribution in [2.24, 2.45) is 0 Å². The third-order valence-corrected chi connectivity index (χ3v) is 3.66. The van der Waals surface area contributed by atoms with Crippen LogP contribution in [0.2, 0.25) is 0 Å². The lowest BCUT2D eigenvalue weighted by molar-refractivity contribution is 0.509. The molecule has 0 fully saturated rings. The van der Waals surface area contributed by atoms with E-state index >= 15 is 0 Å². The maximum absolute atomic E-state index is 4.62. The van der Waals surface area contributed by atoms with E-state index in [0.29, 0.717) is 0 Å². The SMILES string of the molecule is CCCNC(c1ccc(C)nc1C)c1ccnn1CCC. The summed E-state index contributed by atoms with van der Waals surface area (Å²) < 4.78 is 2.10. The molecule has 0 aliphatic heterocycles. The Morgan fingerprint density at radius 3 is 2.62 bits per heavy atom. The smallest absolute Gasteiger partial charge is 0.0765 e. The van der Waals surface area contributed by atoms with Crippen LogP contribution in [0.25, 0.3) is 0 Å². The van der Waals surface area contributed by atoms with E-state index in [1.165, 1.54) is 11.3 Å². The first-order chi connectivity index (χ1) is 10.2. The molecule has 0 saturated heterocycles. The van der Waals surface area contributed by atoms with E-state index in [9.17, 15) is 0 Å². The van der Waals surface area contributed by atoms with Gasteiger partial charge in [0.15, 0.2) is 0 Å². The van der Waals surface area contributed by atoms with Gasteiger partial charge in [0, 0.05) is 24.1 Å². The molecule has 0 aromatic carbocycles. The van der Waals surface area contributed by atoms with Gasteiger partial charge in [-0.1, -0.05) is 19.9 Å². The summed E-state index contributed by atoms with van der Waals surface area (Å²) >= 11 is 0. The van der Waals surface area contributed by atoms with E-state index in [0.717, 1.165) is 37.3 Å². The molecule has 4 nitrogen and oxygen atoms in total. The highest BCUT2D eigenvalue weighted by Crippen LogP contribution is 2.24. The Balaban J connectivity index is 2.39. The fraction of sp³-hybridized carbons (Fsp3) is 0.529. The van der Waals surface area contributed by atoms with Gasteiger partial charge in [0.2, 0.25) is 0 Å². The number of pyridine rings is 1. The summed E-state index contributed by atoms with van der Waals surface area (Å²) in [7, 11) is 0. The van der Waals surface area contributed by atoms with Gasteiger partial charge in [0.05, 0.1) is 11.7 Å². The van der Waals surface area contributed by atoms with Crippen LogP contribution in [-0.4, -0.2) is 21.3 Å². The highest BCUT2D eigenvalue weighted by atomic mass is 15.3. The second-order valence-corrected chi connectivity index (χ2v) is 5.49. The predicted octanol–water partition coefficient (Wildman–Crippen LogP) is 3.39. The summed E-state index contributed by atoms with van der Waals surface area (Å²) in [5, 5.41) is 8.11. The quantitative estimate of drug-likeness (QED) is 0.848. The van der Waals surface area contributed by atoms with Gasteiger partial charge in [-0.25, -0.2) is 0 Å². The highest BCUT2D eigenvalue weighted by Gasteiger charge is 2.19. The maximum atomic E-state index is 4.62. The molecule has 0 bridgehead atoms. The number of hydrogen-bond acceptors (Lipinski definition) is 3. The maximum Gasteiger partial charge on any atom is 0.0765 e. The van der Waals surface area contributed by atoms with Crippen molar-refractivity contribution in [1.82, 2.24) is 20.1 Å². The summed E-state index contributed by atoms with van der Waals surface area (Å²) in [4.78, 5) is 4.62. The molecule has 0 spiro atoms. The van der Waals surface area contributed by atoms with Crippen LogP contribution in [0.3, 0.4) is 0 Å². The van der Waals surface area contributed by atoms with Crippen molar-refractivity contribution in [3.63, 3.8) is 0 Å². The zero-order valence-corrected chi connectivity index (χ0v) is 13.6. The van der Waals surface area contributed by atoms with Crippen molar-refractivity contribution in [2.75, 3.05) is 6.54 Å². The number of nitrogens with zero attached hydrogens (tertiary/aromatic N) is 3. The molecule has 0 aliphatic carbocycles. The zero-order chi connectivity index (χ0) is 15.2. The Kier molecular flexibility index (Phi) is 5.51. The molecule has 2 aromatic rings. The molecule has 21 heavy (non-hydrogen) atoms. The Morgan fingerprint density at radius 2 is 1.95 bits per heavy atom. The molecular weight excluding hydrogens is 260 g/mol. The van der Waals surface area contributed by atoms with Gasteiger partial charge in [0.1, 0.15) is 0 Å². The lowest BCUT2D eigenvalue weighted by Gasteiger charge is -2.22. The predicted molar refractivity (Wildman–Crippen MR) is 86.4 cm³/mol. The van der Waals surface area contributed by atoms with Crippen LogP contribution in [0, 0.1) is 13.8 Å². The molecular formula is C17H26N4. The zero-order valence-electron chi connectivity index (χ0n) is 13.6. The van der Waals surface area contributed by atoms with Crippen LogP contribution in [0.4, 0.5) is 0 Å². The summed E-state index contributed by atoms with van der Waals surface area (Å²) in [6.45, 7) is 10.4. The first kappa shape index (κ1) is 15.7. The van der Waals surface area contributed by atoms with Crippen molar-refractivity contribution < 1.29 is 0 Å². The van der Waals surface area contributed by atoms with Crippen LogP contribution in [0.5, 0.6) is 0 Å². The second kappa shape index (κ2) is 7.36. The van der Waals surface area contributed by atoms with Crippen molar-refractivity contribution in [2.45, 2.75) is 53.1 Å². The van der Waals surface area contributed by atoms with Crippen molar-refractivity contribution in [3.05, 3.63) is 47.0 Å². The lowest BCUT2D eigenvalue weighted by atomic mass is 10.0. The number of hydrogen-bond donors (Lipinski definition) is 1. The summed E-state index contributed by atoms with van der Waals surface area (Å²) in [5.41, 5.74) is 4.62. The normalized spacial score (nSPS) is 12.6. The first-order valence-electron chi connectivity index (χ1n) is 7.86. The molecule has 0 amide bonds. The molecule has 0 aliphatic rings. The van der Waals surface area contributed by atoms with E-state index in [1.807, 2.05) is 13.1 Å². The minimum Gasteiger partial charge on any atom is -0.305 e. The Morgan fingerprint density at radius 1 is 1.14 bits per heavy atom. The summed E-state index contributed by atoms with van der Waals surface area (Å²) in [5.74, 6) is 0. The Bertz CT molecular complexity index is 574. The molecule has 1 unspecified atom stereocenters. The van der Waals surface area contributed by atoms with Crippen LogP contribution in [-0.2, 0) is 6.54 Å². The average Bonchev–Trinajstić information content (AvgIpc) is 2.90. The highest BCUT2D eigenvalue weighted by molar-refractivity contribution is 5.31. The van der Waals surface area contributed by atoms with Crippen LogP contribution < -0.4 is 5.32 Å². The van der Waals surface area contributed by atoms with E-state index in [4.69, 9.17) is 0 Å². The molecule has 2 rings (SSSR count). The van der Waals surface area contributed by atoms with Crippen molar-refractivity contribution in [3.8, 4) is 0 Å². The van der Waals surface area contributed by atoms with Crippen LogP contribution >= 0.6 is 0 Å². The van der Waals surface area contributed by atoms with E-state index in [-0.39, 0.29) is 6.04 Å². The van der Waals surface area contributed by atoms with Gasteiger partial charge < -0.3 is 5.32 Å². The molecule has 114 valence electrons. The van der Waals surface area contributed by atoms with Crippen LogP contribution in [0.15, 0.2) is 24.4 Å². The third-order valence-electron chi connectivity index (χ3n) is 3.66. The van der Waals surface area contributed by atoms with E-state index in [2.05, 4.69) is 59.1 Å². The largest absolute Gasteiger partial charge is 0.305 e. The van der Waals surface area contributed by atoms with Gasteiger partial charge in [-0.05, 0) is 50.9 Å². The van der Waals surface area contributed by atoms with Gasteiger partial charge in [0.25, 0.3) is 0 Å². The minimum atomic E-state index is 0.159.